The monoisotopic (exact) mass is 217 g/mol. The van der Waals surface area contributed by atoms with E-state index in [1.165, 1.54) is 22.3 Å². The SMILES string of the molecule is Cc1ccc2c(c1)CCC(CC(O)CN)=C2. The Labute approximate surface area is 96.8 Å². The summed E-state index contributed by atoms with van der Waals surface area (Å²) in [5.41, 5.74) is 10.8. The first-order valence-electron chi connectivity index (χ1n) is 5.86. The van der Waals surface area contributed by atoms with E-state index in [4.69, 9.17) is 5.73 Å². The highest BCUT2D eigenvalue weighted by molar-refractivity contribution is 5.60. The Hall–Kier alpha value is -1.12. The number of benzene rings is 1. The third-order valence-corrected chi connectivity index (χ3v) is 3.14. The molecule has 0 spiro atoms. The zero-order valence-corrected chi connectivity index (χ0v) is 9.74. The minimum absolute atomic E-state index is 0.345. The molecule has 1 unspecified atom stereocenters. The van der Waals surface area contributed by atoms with Crippen LogP contribution in [-0.4, -0.2) is 17.8 Å². The number of fused-ring (bicyclic) bond motifs is 1. The molecule has 3 N–H and O–H groups in total. The predicted octanol–water partition coefficient (Wildman–Crippen LogP) is 2.03. The number of hydrogen-bond donors (Lipinski definition) is 2. The van der Waals surface area contributed by atoms with Crippen molar-refractivity contribution in [1.29, 1.82) is 0 Å². The standard InChI is InChI=1S/C14H19NO/c1-10-2-4-13-7-11(8-14(16)9-15)3-5-12(13)6-10/h2,4,6-7,14,16H,3,5,8-9,15H2,1H3. The lowest BCUT2D eigenvalue weighted by molar-refractivity contribution is 0.182. The van der Waals surface area contributed by atoms with Crippen molar-refractivity contribution in [3.05, 3.63) is 40.5 Å². The van der Waals surface area contributed by atoms with Crippen molar-refractivity contribution in [3.63, 3.8) is 0 Å². The van der Waals surface area contributed by atoms with Gasteiger partial charge in [0.25, 0.3) is 0 Å². The highest BCUT2D eigenvalue weighted by Crippen LogP contribution is 2.27. The van der Waals surface area contributed by atoms with Crippen molar-refractivity contribution in [2.75, 3.05) is 6.54 Å². The highest BCUT2D eigenvalue weighted by atomic mass is 16.3. The van der Waals surface area contributed by atoms with Crippen molar-refractivity contribution in [1.82, 2.24) is 0 Å². The summed E-state index contributed by atoms with van der Waals surface area (Å²) in [4.78, 5) is 0. The van der Waals surface area contributed by atoms with E-state index in [1.54, 1.807) is 0 Å². The van der Waals surface area contributed by atoms with Gasteiger partial charge in [0.1, 0.15) is 0 Å². The van der Waals surface area contributed by atoms with Gasteiger partial charge in [0.2, 0.25) is 0 Å². The maximum Gasteiger partial charge on any atom is 0.0699 e. The summed E-state index contributed by atoms with van der Waals surface area (Å²) in [7, 11) is 0. The predicted molar refractivity (Wildman–Crippen MR) is 67.2 cm³/mol. The van der Waals surface area contributed by atoms with Crippen LogP contribution in [0.15, 0.2) is 23.8 Å². The maximum atomic E-state index is 9.54. The molecule has 2 heteroatoms. The topological polar surface area (TPSA) is 46.2 Å². The minimum atomic E-state index is -0.391. The Balaban J connectivity index is 2.18. The molecule has 86 valence electrons. The van der Waals surface area contributed by atoms with Crippen LogP contribution in [-0.2, 0) is 6.42 Å². The molecular weight excluding hydrogens is 198 g/mol. The summed E-state index contributed by atoms with van der Waals surface area (Å²) in [6.45, 7) is 2.47. The first kappa shape index (κ1) is 11.4. The molecule has 0 fully saturated rings. The molecule has 0 saturated heterocycles. The van der Waals surface area contributed by atoms with Crippen LogP contribution in [0.3, 0.4) is 0 Å². The number of aryl methyl sites for hydroxylation is 2. The molecule has 0 aliphatic heterocycles. The molecule has 0 saturated carbocycles. The fraction of sp³-hybridized carbons (Fsp3) is 0.429. The molecule has 16 heavy (non-hydrogen) atoms. The molecule has 1 aromatic carbocycles. The molecule has 1 aromatic rings. The Morgan fingerprint density at radius 2 is 2.19 bits per heavy atom. The Bertz CT molecular complexity index is 409. The lowest BCUT2D eigenvalue weighted by atomic mass is 9.89. The van der Waals surface area contributed by atoms with E-state index in [0.717, 1.165) is 12.8 Å². The highest BCUT2D eigenvalue weighted by Gasteiger charge is 2.12. The van der Waals surface area contributed by atoms with Gasteiger partial charge in [-0.15, -0.1) is 0 Å². The van der Waals surface area contributed by atoms with Gasteiger partial charge in [-0.25, -0.2) is 0 Å². The van der Waals surface area contributed by atoms with Crippen LogP contribution in [0, 0.1) is 6.92 Å². The molecule has 0 heterocycles. The van der Waals surface area contributed by atoms with Gasteiger partial charge in [0.05, 0.1) is 6.10 Å². The van der Waals surface area contributed by atoms with E-state index >= 15 is 0 Å². The Morgan fingerprint density at radius 1 is 1.38 bits per heavy atom. The van der Waals surface area contributed by atoms with E-state index in [0.29, 0.717) is 13.0 Å². The number of rotatable bonds is 3. The molecule has 0 aromatic heterocycles. The quantitative estimate of drug-likeness (QED) is 0.813. The molecular formula is C14H19NO. The third-order valence-electron chi connectivity index (χ3n) is 3.14. The normalized spacial score (nSPS) is 16.6. The Morgan fingerprint density at radius 3 is 2.94 bits per heavy atom. The smallest absolute Gasteiger partial charge is 0.0699 e. The van der Waals surface area contributed by atoms with Crippen LogP contribution in [0.4, 0.5) is 0 Å². The van der Waals surface area contributed by atoms with Crippen LogP contribution >= 0.6 is 0 Å². The maximum absolute atomic E-state index is 9.54. The Kier molecular flexibility index (Phi) is 3.42. The van der Waals surface area contributed by atoms with E-state index < -0.39 is 6.10 Å². The molecule has 0 radical (unpaired) electrons. The molecule has 2 rings (SSSR count). The van der Waals surface area contributed by atoms with Crippen LogP contribution < -0.4 is 5.73 Å². The summed E-state index contributed by atoms with van der Waals surface area (Å²) >= 11 is 0. The van der Waals surface area contributed by atoms with Gasteiger partial charge in [0.15, 0.2) is 0 Å². The third kappa shape index (κ3) is 2.52. The van der Waals surface area contributed by atoms with Gasteiger partial charge in [-0.1, -0.05) is 35.4 Å². The first-order chi connectivity index (χ1) is 7.69. The van der Waals surface area contributed by atoms with Crippen LogP contribution in [0.5, 0.6) is 0 Å². The molecule has 1 aliphatic carbocycles. The summed E-state index contributed by atoms with van der Waals surface area (Å²) in [5, 5.41) is 9.54. The second-order valence-electron chi connectivity index (χ2n) is 4.60. The summed E-state index contributed by atoms with van der Waals surface area (Å²) in [6.07, 6.45) is 4.66. The second kappa shape index (κ2) is 4.81. The van der Waals surface area contributed by atoms with E-state index in [-0.39, 0.29) is 0 Å². The van der Waals surface area contributed by atoms with E-state index in [2.05, 4.69) is 31.2 Å². The van der Waals surface area contributed by atoms with E-state index in [9.17, 15) is 5.11 Å². The largest absolute Gasteiger partial charge is 0.391 e. The molecule has 0 bridgehead atoms. The number of aliphatic hydroxyl groups excluding tert-OH is 1. The second-order valence-corrected chi connectivity index (χ2v) is 4.60. The fourth-order valence-electron chi connectivity index (χ4n) is 2.23. The summed E-state index contributed by atoms with van der Waals surface area (Å²) < 4.78 is 0. The zero-order valence-electron chi connectivity index (χ0n) is 9.74. The fourth-order valence-corrected chi connectivity index (χ4v) is 2.23. The molecule has 0 amide bonds. The van der Waals surface area contributed by atoms with Crippen molar-refractivity contribution in [2.24, 2.45) is 5.73 Å². The summed E-state index contributed by atoms with van der Waals surface area (Å²) in [6, 6.07) is 6.55. The van der Waals surface area contributed by atoms with Crippen LogP contribution in [0.25, 0.3) is 6.08 Å². The number of aliphatic hydroxyl groups is 1. The van der Waals surface area contributed by atoms with Crippen LogP contribution in [0.1, 0.15) is 29.5 Å². The lowest BCUT2D eigenvalue weighted by Gasteiger charge is -2.18. The van der Waals surface area contributed by atoms with Crippen molar-refractivity contribution >= 4 is 6.08 Å². The number of nitrogens with two attached hydrogens (primary N) is 1. The van der Waals surface area contributed by atoms with Gasteiger partial charge in [-0.05, 0) is 37.3 Å². The van der Waals surface area contributed by atoms with Gasteiger partial charge >= 0.3 is 0 Å². The minimum Gasteiger partial charge on any atom is -0.391 e. The number of hydrogen-bond acceptors (Lipinski definition) is 2. The van der Waals surface area contributed by atoms with Crippen molar-refractivity contribution in [2.45, 2.75) is 32.3 Å². The molecule has 2 nitrogen and oxygen atoms in total. The van der Waals surface area contributed by atoms with E-state index in [1.807, 2.05) is 0 Å². The zero-order chi connectivity index (χ0) is 11.5. The first-order valence-corrected chi connectivity index (χ1v) is 5.86. The van der Waals surface area contributed by atoms with Crippen molar-refractivity contribution in [3.8, 4) is 0 Å². The average molecular weight is 217 g/mol. The van der Waals surface area contributed by atoms with Crippen LogP contribution in [0.2, 0.25) is 0 Å². The molecule has 1 aliphatic rings. The lowest BCUT2D eigenvalue weighted by Crippen LogP contribution is -2.20. The van der Waals surface area contributed by atoms with Gasteiger partial charge in [0, 0.05) is 6.54 Å². The van der Waals surface area contributed by atoms with Gasteiger partial charge < -0.3 is 10.8 Å². The van der Waals surface area contributed by atoms with Crippen molar-refractivity contribution < 1.29 is 5.11 Å². The average Bonchev–Trinajstić information content (AvgIpc) is 2.29. The van der Waals surface area contributed by atoms with Gasteiger partial charge in [-0.2, -0.15) is 0 Å². The van der Waals surface area contributed by atoms with Gasteiger partial charge in [-0.3, -0.25) is 0 Å². The summed E-state index contributed by atoms with van der Waals surface area (Å²) in [5.74, 6) is 0. The molecule has 1 atom stereocenters.